The molecule has 1 heterocycles. The summed E-state index contributed by atoms with van der Waals surface area (Å²) in [6.07, 6.45) is 2.26. The predicted molar refractivity (Wildman–Crippen MR) is 158 cm³/mol. The van der Waals surface area contributed by atoms with Crippen LogP contribution in [0.3, 0.4) is 0 Å². The molecule has 0 amide bonds. The van der Waals surface area contributed by atoms with Crippen LogP contribution in [0, 0.1) is 5.92 Å². The van der Waals surface area contributed by atoms with Crippen molar-refractivity contribution in [2.45, 2.75) is 115 Å². The molecule has 222 valence electrons. The van der Waals surface area contributed by atoms with Crippen LogP contribution in [0.15, 0.2) is 18.2 Å². The van der Waals surface area contributed by atoms with Crippen LogP contribution >= 0.6 is 0 Å². The molecule has 39 heavy (non-hydrogen) atoms. The highest BCUT2D eigenvalue weighted by Crippen LogP contribution is 2.40. The molecule has 1 aromatic heterocycles. The number of ether oxygens (including phenoxy) is 2. The number of benzene rings is 1. The molecule has 1 fully saturated rings. The van der Waals surface area contributed by atoms with Crippen LogP contribution < -0.4 is 10.5 Å². The molecule has 1 saturated carbocycles. The van der Waals surface area contributed by atoms with Crippen molar-refractivity contribution < 1.29 is 22.8 Å². The van der Waals surface area contributed by atoms with Gasteiger partial charge in [0.15, 0.2) is 0 Å². The van der Waals surface area contributed by atoms with Crippen molar-refractivity contribution in [3.8, 4) is 0 Å². The van der Waals surface area contributed by atoms with Gasteiger partial charge >= 0.3 is 0 Å². The number of rotatable bonds is 14. The molecule has 0 bridgehead atoms. The number of fused-ring (bicyclic) bond motifs is 1. The molecule has 0 aliphatic heterocycles. The summed E-state index contributed by atoms with van der Waals surface area (Å²) in [6.45, 7) is 16.7. The molecule has 11 heteroatoms. The van der Waals surface area contributed by atoms with Gasteiger partial charge in [0, 0.05) is 39.0 Å². The van der Waals surface area contributed by atoms with E-state index in [9.17, 15) is 13.3 Å². The van der Waals surface area contributed by atoms with Gasteiger partial charge in [-0.3, -0.25) is 0 Å². The number of nitrogens with two attached hydrogens (primary N) is 1. The average Bonchev–Trinajstić information content (AvgIpc) is 3.58. The third-order valence-corrected chi connectivity index (χ3v) is 10.6. The Morgan fingerprint density at radius 2 is 1.82 bits per heavy atom. The highest BCUT2D eigenvalue weighted by atomic mass is 32.2. The van der Waals surface area contributed by atoms with Gasteiger partial charge in [0.05, 0.1) is 17.6 Å². The number of nitrogens with one attached hydrogen (secondary N) is 1. The van der Waals surface area contributed by atoms with Gasteiger partial charge < -0.3 is 24.3 Å². The first-order valence-electron chi connectivity index (χ1n) is 13.8. The van der Waals surface area contributed by atoms with E-state index in [2.05, 4.69) is 24.4 Å². The fourth-order valence-corrected chi connectivity index (χ4v) is 5.46. The predicted octanol–water partition coefficient (Wildman–Crippen LogP) is 6.30. The van der Waals surface area contributed by atoms with E-state index in [-0.39, 0.29) is 19.4 Å². The van der Waals surface area contributed by atoms with E-state index in [4.69, 9.17) is 20.2 Å². The quantitative estimate of drug-likeness (QED) is 0.153. The van der Waals surface area contributed by atoms with Crippen LogP contribution in [0.25, 0.3) is 11.0 Å². The molecule has 2 aromatic rings. The van der Waals surface area contributed by atoms with E-state index in [1.807, 2.05) is 43.5 Å². The first-order valence-corrected chi connectivity index (χ1v) is 18.7. The number of imidazole rings is 1. The van der Waals surface area contributed by atoms with Crippen molar-refractivity contribution >= 4 is 30.5 Å². The molecule has 3 atom stereocenters. The SMILES string of the molecule is CC(C)(C)[S+]([O-])N[C@@H](COC(C)(C)C(C)(F)F)c1nc2cc([C@H](N)C3CC3)ccc2n1COCC[Si](C)(C)C. The second kappa shape index (κ2) is 12.0. The van der Waals surface area contributed by atoms with Crippen LogP contribution in [-0.4, -0.2) is 51.7 Å². The molecule has 0 saturated heterocycles. The Morgan fingerprint density at radius 1 is 1.18 bits per heavy atom. The molecule has 3 N–H and O–H groups in total. The molecule has 1 aliphatic carbocycles. The molecular formula is C28H48F2N4O3SSi. The van der Waals surface area contributed by atoms with Gasteiger partial charge in [0.1, 0.15) is 28.9 Å². The van der Waals surface area contributed by atoms with E-state index < -0.39 is 41.7 Å². The lowest BCUT2D eigenvalue weighted by Crippen LogP contribution is -2.47. The van der Waals surface area contributed by atoms with Crippen molar-refractivity contribution in [1.82, 2.24) is 14.3 Å². The van der Waals surface area contributed by atoms with Crippen molar-refractivity contribution in [3.63, 3.8) is 0 Å². The van der Waals surface area contributed by atoms with E-state index in [0.29, 0.717) is 18.3 Å². The van der Waals surface area contributed by atoms with E-state index in [1.165, 1.54) is 13.8 Å². The molecule has 1 aromatic carbocycles. The van der Waals surface area contributed by atoms with Gasteiger partial charge in [0.2, 0.25) is 0 Å². The molecule has 7 nitrogen and oxygen atoms in total. The molecule has 3 rings (SSSR count). The summed E-state index contributed by atoms with van der Waals surface area (Å²) in [6, 6.07) is 6.27. The fourth-order valence-electron chi connectivity index (χ4n) is 3.92. The van der Waals surface area contributed by atoms with Gasteiger partial charge in [0.25, 0.3) is 5.92 Å². The Labute approximate surface area is 236 Å². The maximum atomic E-state index is 14.3. The minimum atomic E-state index is -3.07. The zero-order valence-corrected chi connectivity index (χ0v) is 26.9. The standard InChI is InChI=1S/C28H48F2N4O3SSi/c1-26(2,3)38(35)33-22(17-37-27(4,5)28(6,29)30)25-32-21-16-20(24(31)19-10-11-19)12-13-23(21)34(25)18-36-14-15-39(7,8)9/h12-13,16,19,22,24,33H,10-11,14-15,17-18,31H2,1-9H3/t22-,24+,38?/m0/s1. The minimum absolute atomic E-state index is 0.0470. The van der Waals surface area contributed by atoms with Crippen LogP contribution in [-0.2, 0) is 27.6 Å². The smallest absolute Gasteiger partial charge is 0.273 e. The van der Waals surface area contributed by atoms with Crippen LogP contribution in [0.5, 0.6) is 0 Å². The summed E-state index contributed by atoms with van der Waals surface area (Å²) in [4.78, 5) is 4.93. The molecular weight excluding hydrogens is 538 g/mol. The topological polar surface area (TPSA) is 97.4 Å². The number of halogens is 2. The second-order valence-electron chi connectivity index (χ2n) is 13.6. The highest BCUT2D eigenvalue weighted by Gasteiger charge is 2.44. The number of alkyl halides is 2. The zero-order chi connectivity index (χ0) is 29.4. The van der Waals surface area contributed by atoms with Crippen molar-refractivity contribution in [2.24, 2.45) is 11.7 Å². The van der Waals surface area contributed by atoms with Crippen molar-refractivity contribution in [3.05, 3.63) is 29.6 Å². The van der Waals surface area contributed by atoms with Crippen LogP contribution in [0.1, 0.15) is 77.9 Å². The normalized spacial score (nSPS) is 18.0. The van der Waals surface area contributed by atoms with Crippen molar-refractivity contribution in [2.75, 3.05) is 13.2 Å². The monoisotopic (exact) mass is 586 g/mol. The first kappa shape index (κ1) is 32.4. The third kappa shape index (κ3) is 8.70. The second-order valence-corrected chi connectivity index (χ2v) is 21.2. The van der Waals surface area contributed by atoms with Crippen LogP contribution in [0.4, 0.5) is 8.78 Å². The lowest BCUT2D eigenvalue weighted by Gasteiger charge is -2.34. The summed E-state index contributed by atoms with van der Waals surface area (Å²) >= 11 is -1.50. The van der Waals surface area contributed by atoms with E-state index >= 15 is 0 Å². The van der Waals surface area contributed by atoms with Gasteiger partial charge in [-0.15, -0.1) is 4.72 Å². The molecule has 1 unspecified atom stereocenters. The largest absolute Gasteiger partial charge is 0.598 e. The van der Waals surface area contributed by atoms with Crippen molar-refractivity contribution in [1.29, 1.82) is 0 Å². The highest BCUT2D eigenvalue weighted by molar-refractivity contribution is 7.90. The zero-order valence-electron chi connectivity index (χ0n) is 25.1. The first-order chi connectivity index (χ1) is 17.8. The summed E-state index contributed by atoms with van der Waals surface area (Å²) < 4.78 is 58.2. The number of hydrogen-bond acceptors (Lipinski definition) is 6. The Balaban J connectivity index is 2.01. The fraction of sp³-hybridized carbons (Fsp3) is 0.750. The summed E-state index contributed by atoms with van der Waals surface area (Å²) in [7, 11) is -1.30. The maximum absolute atomic E-state index is 14.3. The number of aromatic nitrogens is 2. The number of hydrogen-bond donors (Lipinski definition) is 2. The lowest BCUT2D eigenvalue weighted by atomic mass is 10.0. The Bertz CT molecular complexity index is 1110. The Kier molecular flexibility index (Phi) is 10.0. The van der Waals surface area contributed by atoms with Gasteiger partial charge in [-0.1, -0.05) is 25.7 Å². The Hall–Kier alpha value is -1.08. The van der Waals surface area contributed by atoms with Gasteiger partial charge in [-0.25, -0.2) is 13.8 Å². The third-order valence-electron chi connectivity index (χ3n) is 7.32. The summed E-state index contributed by atoms with van der Waals surface area (Å²) in [5.41, 5.74) is 7.36. The molecule has 1 aliphatic rings. The van der Waals surface area contributed by atoms with E-state index in [1.54, 1.807) is 0 Å². The Morgan fingerprint density at radius 3 is 2.36 bits per heavy atom. The summed E-state index contributed by atoms with van der Waals surface area (Å²) in [5.74, 6) is -2.05. The lowest BCUT2D eigenvalue weighted by molar-refractivity contribution is -0.183. The summed E-state index contributed by atoms with van der Waals surface area (Å²) in [5, 5.41) is 0. The average molecular weight is 587 g/mol. The molecule has 0 radical (unpaired) electrons. The van der Waals surface area contributed by atoms with E-state index in [0.717, 1.165) is 42.4 Å². The van der Waals surface area contributed by atoms with Crippen LogP contribution in [0.2, 0.25) is 25.7 Å². The van der Waals surface area contributed by atoms with Gasteiger partial charge in [-0.05, 0) is 77.1 Å². The maximum Gasteiger partial charge on any atom is 0.273 e. The minimum Gasteiger partial charge on any atom is -0.598 e. The van der Waals surface area contributed by atoms with Gasteiger partial charge in [-0.2, -0.15) is 0 Å². The number of nitrogens with zero attached hydrogens (tertiary/aromatic N) is 2. The molecule has 0 spiro atoms.